The summed E-state index contributed by atoms with van der Waals surface area (Å²) in [5.41, 5.74) is 3.50. The zero-order valence-corrected chi connectivity index (χ0v) is 14.3. The molecular formula is C17H23N5O3. The van der Waals surface area contributed by atoms with Gasteiger partial charge >= 0.3 is 0 Å². The maximum Gasteiger partial charge on any atom is 0.288 e. The van der Waals surface area contributed by atoms with Crippen LogP contribution < -0.4 is 15.8 Å². The van der Waals surface area contributed by atoms with Crippen LogP contribution in [0.15, 0.2) is 35.3 Å². The van der Waals surface area contributed by atoms with E-state index in [9.17, 15) is 9.59 Å². The Balaban J connectivity index is 1.58. The molecule has 134 valence electrons. The third-order valence-corrected chi connectivity index (χ3v) is 4.16. The number of hydrogen-bond donors (Lipinski definition) is 2. The molecule has 1 saturated heterocycles. The fourth-order valence-electron chi connectivity index (χ4n) is 2.74. The summed E-state index contributed by atoms with van der Waals surface area (Å²) in [6.45, 7) is 6.18. The van der Waals surface area contributed by atoms with Crippen LogP contribution in [0.25, 0.3) is 0 Å². The number of anilines is 1. The van der Waals surface area contributed by atoms with E-state index in [2.05, 4.69) is 20.6 Å². The van der Waals surface area contributed by atoms with Crippen LogP contribution in [-0.4, -0.2) is 68.0 Å². The normalized spacial score (nSPS) is 21.5. The largest absolute Gasteiger partial charge is 0.379 e. The molecule has 3 rings (SSSR count). The minimum atomic E-state index is -0.610. The number of carbonyl (C=O) groups is 2. The fraction of sp³-hybridized carbons (Fsp3) is 0.471. The molecule has 0 aromatic heterocycles. The summed E-state index contributed by atoms with van der Waals surface area (Å²) in [5, 5.41) is 4.22. The molecule has 2 heterocycles. The van der Waals surface area contributed by atoms with Crippen LogP contribution in [-0.2, 0) is 14.3 Å². The van der Waals surface area contributed by atoms with Crippen LogP contribution in [0.1, 0.15) is 6.92 Å². The van der Waals surface area contributed by atoms with Crippen molar-refractivity contribution in [1.82, 2.24) is 15.6 Å². The molecule has 1 aromatic rings. The van der Waals surface area contributed by atoms with Crippen molar-refractivity contribution < 1.29 is 14.3 Å². The number of hydrogen-bond acceptors (Lipinski definition) is 6. The highest BCUT2D eigenvalue weighted by Crippen LogP contribution is 2.15. The predicted octanol–water partition coefficient (Wildman–Crippen LogP) is -0.227. The molecule has 1 atom stereocenters. The third-order valence-electron chi connectivity index (χ3n) is 4.16. The lowest BCUT2D eigenvalue weighted by Gasteiger charge is -2.30. The molecular weight excluding hydrogens is 322 g/mol. The number of amidine groups is 1. The highest BCUT2D eigenvalue weighted by atomic mass is 16.5. The summed E-state index contributed by atoms with van der Waals surface area (Å²) in [6.07, 6.45) is 0. The van der Waals surface area contributed by atoms with Crippen LogP contribution in [0.5, 0.6) is 0 Å². The van der Waals surface area contributed by atoms with Gasteiger partial charge in [-0.05, 0) is 19.1 Å². The molecule has 2 aliphatic heterocycles. The van der Waals surface area contributed by atoms with E-state index >= 15 is 0 Å². The van der Waals surface area contributed by atoms with Crippen LogP contribution >= 0.6 is 0 Å². The van der Waals surface area contributed by atoms with E-state index in [1.807, 2.05) is 18.2 Å². The van der Waals surface area contributed by atoms with Gasteiger partial charge in [-0.15, -0.1) is 0 Å². The Morgan fingerprint density at radius 2 is 2.04 bits per heavy atom. The number of nitrogens with zero attached hydrogens (tertiary/aromatic N) is 3. The molecule has 0 saturated carbocycles. The number of rotatable bonds is 5. The van der Waals surface area contributed by atoms with E-state index in [0.29, 0.717) is 12.2 Å². The topological polar surface area (TPSA) is 86.3 Å². The lowest BCUT2D eigenvalue weighted by atomic mass is 10.2. The number of nitrogens with one attached hydrogen (secondary N) is 2. The first kappa shape index (κ1) is 17.4. The summed E-state index contributed by atoms with van der Waals surface area (Å²) >= 11 is 0. The lowest BCUT2D eigenvalue weighted by molar-refractivity contribution is -0.120. The lowest BCUT2D eigenvalue weighted by Crippen LogP contribution is -2.58. The Labute approximate surface area is 146 Å². The van der Waals surface area contributed by atoms with E-state index in [-0.39, 0.29) is 17.6 Å². The number of ether oxygens (including phenoxy) is 1. The first-order valence-electron chi connectivity index (χ1n) is 8.47. The van der Waals surface area contributed by atoms with Crippen molar-refractivity contribution in [1.29, 1.82) is 0 Å². The fourth-order valence-corrected chi connectivity index (χ4v) is 2.74. The Kier molecular flexibility index (Phi) is 5.62. The molecule has 8 heteroatoms. The molecule has 2 N–H and O–H groups in total. The molecule has 25 heavy (non-hydrogen) atoms. The zero-order valence-electron chi connectivity index (χ0n) is 14.3. The highest BCUT2D eigenvalue weighted by molar-refractivity contribution is 6.39. The van der Waals surface area contributed by atoms with Gasteiger partial charge in [0.05, 0.1) is 18.9 Å². The molecule has 2 aliphatic rings. The van der Waals surface area contributed by atoms with E-state index in [1.165, 1.54) is 5.01 Å². The van der Waals surface area contributed by atoms with Gasteiger partial charge in [-0.25, -0.2) is 10.0 Å². The Morgan fingerprint density at radius 3 is 2.76 bits per heavy atom. The quantitative estimate of drug-likeness (QED) is 0.770. The molecule has 0 aliphatic carbocycles. The van der Waals surface area contributed by atoms with Crippen LogP contribution in [0.2, 0.25) is 0 Å². The number of benzene rings is 1. The number of amides is 2. The Hall–Kier alpha value is -2.45. The smallest absolute Gasteiger partial charge is 0.288 e. The average molecular weight is 345 g/mol. The predicted molar refractivity (Wildman–Crippen MR) is 94.2 cm³/mol. The minimum Gasteiger partial charge on any atom is -0.379 e. The number of carbonyl (C=O) groups excluding carboxylic acids is 2. The third kappa shape index (κ3) is 4.34. The molecule has 0 spiro atoms. The van der Waals surface area contributed by atoms with E-state index < -0.39 is 6.04 Å². The highest BCUT2D eigenvalue weighted by Gasteiger charge is 2.30. The van der Waals surface area contributed by atoms with Gasteiger partial charge in [-0.2, -0.15) is 0 Å². The molecule has 1 fully saturated rings. The van der Waals surface area contributed by atoms with Crippen molar-refractivity contribution in [2.24, 2.45) is 4.99 Å². The summed E-state index contributed by atoms with van der Waals surface area (Å²) in [6, 6.07) is 8.54. The standard InChI is InChI=1S/C17H23N5O3/c1-13-17(24)22(14-5-3-2-4-6-14)20-15(19-13)16(23)18-7-8-21-9-11-25-12-10-21/h2-6,13H,7-12H2,1H3,(H,18,23)(H,19,20)/t13-/m1/s1. The van der Waals surface area contributed by atoms with Gasteiger partial charge in [0.25, 0.3) is 11.8 Å². The summed E-state index contributed by atoms with van der Waals surface area (Å²) in [5.74, 6) is -0.359. The van der Waals surface area contributed by atoms with Crippen LogP contribution in [0.4, 0.5) is 5.69 Å². The van der Waals surface area contributed by atoms with Gasteiger partial charge in [0.1, 0.15) is 6.04 Å². The first-order valence-corrected chi connectivity index (χ1v) is 8.47. The zero-order chi connectivity index (χ0) is 17.6. The van der Waals surface area contributed by atoms with Gasteiger partial charge in [-0.3, -0.25) is 19.9 Å². The summed E-state index contributed by atoms with van der Waals surface area (Å²) < 4.78 is 5.30. The Bertz CT molecular complexity index is 643. The number of morpholine rings is 1. The van der Waals surface area contributed by atoms with Crippen molar-refractivity contribution >= 4 is 23.3 Å². The molecule has 8 nitrogen and oxygen atoms in total. The van der Waals surface area contributed by atoms with Crippen molar-refractivity contribution in [3.63, 3.8) is 0 Å². The number of hydrazine groups is 1. The average Bonchev–Trinajstić information content (AvgIpc) is 2.65. The SMILES string of the molecule is C[C@H]1N=C(C(=O)NCCN2CCOCC2)NN(c2ccccc2)C1=O. The van der Waals surface area contributed by atoms with Gasteiger partial charge in [0.2, 0.25) is 5.84 Å². The maximum absolute atomic E-state index is 12.4. The van der Waals surface area contributed by atoms with Gasteiger partial charge in [0.15, 0.2) is 0 Å². The van der Waals surface area contributed by atoms with Gasteiger partial charge in [-0.1, -0.05) is 18.2 Å². The number of aliphatic imine (C=N–C) groups is 1. The van der Waals surface area contributed by atoms with E-state index in [4.69, 9.17) is 4.74 Å². The first-order chi connectivity index (χ1) is 12.1. The number of para-hydroxylation sites is 1. The van der Waals surface area contributed by atoms with Crippen LogP contribution in [0.3, 0.4) is 0 Å². The molecule has 0 unspecified atom stereocenters. The van der Waals surface area contributed by atoms with Crippen LogP contribution in [0, 0.1) is 0 Å². The maximum atomic E-state index is 12.4. The second-order valence-electron chi connectivity index (χ2n) is 5.98. The minimum absolute atomic E-state index is 0.151. The van der Waals surface area contributed by atoms with Crippen molar-refractivity contribution in [2.45, 2.75) is 13.0 Å². The monoisotopic (exact) mass is 345 g/mol. The van der Waals surface area contributed by atoms with Crippen molar-refractivity contribution in [3.05, 3.63) is 30.3 Å². The summed E-state index contributed by atoms with van der Waals surface area (Å²) in [4.78, 5) is 31.1. The van der Waals surface area contributed by atoms with Crippen molar-refractivity contribution in [2.75, 3.05) is 44.4 Å². The summed E-state index contributed by atoms with van der Waals surface area (Å²) in [7, 11) is 0. The van der Waals surface area contributed by atoms with E-state index in [1.54, 1.807) is 19.1 Å². The molecule has 0 bridgehead atoms. The van der Waals surface area contributed by atoms with Crippen molar-refractivity contribution in [3.8, 4) is 0 Å². The van der Waals surface area contributed by atoms with Gasteiger partial charge < -0.3 is 10.1 Å². The molecule has 2 amide bonds. The second-order valence-corrected chi connectivity index (χ2v) is 5.98. The Morgan fingerprint density at radius 1 is 1.32 bits per heavy atom. The second kappa shape index (κ2) is 8.09. The van der Waals surface area contributed by atoms with E-state index in [0.717, 1.165) is 32.8 Å². The molecule has 1 aromatic carbocycles. The van der Waals surface area contributed by atoms with Gasteiger partial charge in [0, 0.05) is 26.2 Å². The molecule has 0 radical (unpaired) electrons.